The fourth-order valence-electron chi connectivity index (χ4n) is 2.03. The maximum absolute atomic E-state index is 12.2. The minimum absolute atomic E-state index is 0.265. The van der Waals surface area contributed by atoms with E-state index in [-0.39, 0.29) is 5.69 Å². The predicted octanol–water partition coefficient (Wildman–Crippen LogP) is 3.68. The third kappa shape index (κ3) is 2.66. The van der Waals surface area contributed by atoms with Crippen LogP contribution in [0.4, 0.5) is 18.9 Å². The third-order valence-electron chi connectivity index (χ3n) is 3.10. The number of carbonyl (C=O) groups excluding carboxylic acids is 1. The number of hydrogen-bond acceptors (Lipinski definition) is 1. The first kappa shape index (κ1) is 12.9. The number of alkyl halides is 3. The third-order valence-corrected chi connectivity index (χ3v) is 3.10. The molecule has 98 valence electrons. The van der Waals surface area contributed by atoms with Crippen LogP contribution in [0.5, 0.6) is 0 Å². The highest BCUT2D eigenvalue weighted by atomic mass is 19.4. The highest BCUT2D eigenvalue weighted by Crippen LogP contribution is 2.41. The molecule has 0 heterocycles. The summed E-state index contributed by atoms with van der Waals surface area (Å²) < 4.78 is 36.6. The zero-order valence-electron chi connectivity index (χ0n) is 10.2. The van der Waals surface area contributed by atoms with E-state index in [1.54, 1.807) is 13.8 Å². The maximum atomic E-state index is 12.2. The molecule has 1 aromatic carbocycles. The summed E-state index contributed by atoms with van der Waals surface area (Å²) in [5, 5.41) is 1.94. The van der Waals surface area contributed by atoms with Gasteiger partial charge in [0, 0.05) is 5.69 Å². The maximum Gasteiger partial charge on any atom is 0.471 e. The molecule has 1 aromatic rings. The molecule has 1 aliphatic carbocycles. The van der Waals surface area contributed by atoms with Crippen molar-refractivity contribution in [3.8, 4) is 0 Å². The van der Waals surface area contributed by atoms with Crippen LogP contribution in [0.3, 0.4) is 0 Å². The van der Waals surface area contributed by atoms with E-state index in [0.29, 0.717) is 17.0 Å². The van der Waals surface area contributed by atoms with Crippen LogP contribution in [0.1, 0.15) is 35.4 Å². The molecule has 1 saturated carbocycles. The molecule has 1 N–H and O–H groups in total. The Balaban J connectivity index is 2.25. The first-order chi connectivity index (χ1) is 8.29. The molecule has 0 atom stereocenters. The Bertz CT molecular complexity index is 466. The summed E-state index contributed by atoms with van der Waals surface area (Å²) in [6, 6.07) is 3.72. The van der Waals surface area contributed by atoms with E-state index >= 15 is 0 Å². The van der Waals surface area contributed by atoms with Gasteiger partial charge in [-0.05, 0) is 49.3 Å². The average molecular weight is 257 g/mol. The van der Waals surface area contributed by atoms with Crippen molar-refractivity contribution >= 4 is 11.6 Å². The molecule has 5 heteroatoms. The van der Waals surface area contributed by atoms with Crippen molar-refractivity contribution in [2.24, 2.45) is 0 Å². The summed E-state index contributed by atoms with van der Waals surface area (Å²) in [5.41, 5.74) is 2.76. The average Bonchev–Trinajstić information content (AvgIpc) is 3.04. The first-order valence-electron chi connectivity index (χ1n) is 5.78. The van der Waals surface area contributed by atoms with E-state index < -0.39 is 12.1 Å². The van der Waals surface area contributed by atoms with Crippen LogP contribution in [0.2, 0.25) is 0 Å². The first-order valence-corrected chi connectivity index (χ1v) is 5.78. The number of rotatable bonds is 2. The minimum Gasteiger partial charge on any atom is -0.318 e. The van der Waals surface area contributed by atoms with E-state index in [9.17, 15) is 18.0 Å². The SMILES string of the molecule is Cc1cc(C2CC2)cc(C)c1NC(=O)C(F)(F)F. The number of aryl methyl sites for hydroxylation is 2. The van der Waals surface area contributed by atoms with Gasteiger partial charge < -0.3 is 5.32 Å². The molecule has 0 spiro atoms. The molecule has 18 heavy (non-hydrogen) atoms. The molecule has 1 aliphatic rings. The molecule has 2 rings (SSSR count). The van der Waals surface area contributed by atoms with Crippen LogP contribution in [0.15, 0.2) is 12.1 Å². The van der Waals surface area contributed by atoms with Crippen molar-refractivity contribution in [3.05, 3.63) is 28.8 Å². The zero-order valence-corrected chi connectivity index (χ0v) is 10.2. The van der Waals surface area contributed by atoms with Gasteiger partial charge >= 0.3 is 12.1 Å². The molecule has 0 aromatic heterocycles. The fourth-order valence-corrected chi connectivity index (χ4v) is 2.03. The van der Waals surface area contributed by atoms with Crippen molar-refractivity contribution in [1.29, 1.82) is 0 Å². The molecule has 2 nitrogen and oxygen atoms in total. The second-order valence-corrected chi connectivity index (χ2v) is 4.76. The highest BCUT2D eigenvalue weighted by Gasteiger charge is 2.39. The van der Waals surface area contributed by atoms with Gasteiger partial charge in [0.15, 0.2) is 0 Å². The Morgan fingerprint density at radius 2 is 1.72 bits per heavy atom. The lowest BCUT2D eigenvalue weighted by Gasteiger charge is -2.14. The number of nitrogens with one attached hydrogen (secondary N) is 1. The standard InChI is InChI=1S/C13H14F3NO/c1-7-5-10(9-3-4-9)6-8(2)11(7)17-12(18)13(14,15)16/h5-6,9H,3-4H2,1-2H3,(H,17,18). The Labute approximate surface area is 103 Å². The predicted molar refractivity (Wildman–Crippen MR) is 62.6 cm³/mol. The van der Waals surface area contributed by atoms with Crippen LogP contribution < -0.4 is 5.32 Å². The lowest BCUT2D eigenvalue weighted by molar-refractivity contribution is -0.167. The van der Waals surface area contributed by atoms with Gasteiger partial charge in [-0.1, -0.05) is 12.1 Å². The zero-order chi connectivity index (χ0) is 13.5. The highest BCUT2D eigenvalue weighted by molar-refractivity contribution is 5.96. The quantitative estimate of drug-likeness (QED) is 0.860. The molecule has 1 amide bonds. The van der Waals surface area contributed by atoms with Gasteiger partial charge in [0.05, 0.1) is 0 Å². The molecule has 0 saturated heterocycles. The molecular formula is C13H14F3NO. The van der Waals surface area contributed by atoms with Gasteiger partial charge in [-0.2, -0.15) is 13.2 Å². The van der Waals surface area contributed by atoms with E-state index in [1.165, 1.54) is 0 Å². The largest absolute Gasteiger partial charge is 0.471 e. The van der Waals surface area contributed by atoms with Crippen LogP contribution in [-0.2, 0) is 4.79 Å². The van der Waals surface area contributed by atoms with Gasteiger partial charge in [0.2, 0.25) is 0 Å². The van der Waals surface area contributed by atoms with Gasteiger partial charge in [-0.3, -0.25) is 4.79 Å². The number of hydrogen-bond donors (Lipinski definition) is 1. The van der Waals surface area contributed by atoms with Crippen LogP contribution in [-0.4, -0.2) is 12.1 Å². The van der Waals surface area contributed by atoms with Gasteiger partial charge in [-0.15, -0.1) is 0 Å². The van der Waals surface area contributed by atoms with E-state index in [2.05, 4.69) is 0 Å². The topological polar surface area (TPSA) is 29.1 Å². The molecule has 0 radical (unpaired) electrons. The van der Waals surface area contributed by atoms with Crippen molar-refractivity contribution in [2.75, 3.05) is 5.32 Å². The summed E-state index contributed by atoms with van der Waals surface area (Å²) >= 11 is 0. The Kier molecular flexibility index (Phi) is 3.09. The fraction of sp³-hybridized carbons (Fsp3) is 0.462. The summed E-state index contributed by atoms with van der Waals surface area (Å²) in [6.07, 6.45) is -2.59. The molecular weight excluding hydrogens is 243 g/mol. The van der Waals surface area contributed by atoms with Gasteiger partial charge in [-0.25, -0.2) is 0 Å². The van der Waals surface area contributed by atoms with E-state index in [0.717, 1.165) is 18.4 Å². The monoisotopic (exact) mass is 257 g/mol. The van der Waals surface area contributed by atoms with Crippen molar-refractivity contribution in [2.45, 2.75) is 38.8 Å². The summed E-state index contributed by atoms with van der Waals surface area (Å²) in [5.74, 6) is -1.39. The van der Waals surface area contributed by atoms with Crippen molar-refractivity contribution in [3.63, 3.8) is 0 Å². The second kappa shape index (κ2) is 4.30. The molecule has 0 bridgehead atoms. The van der Waals surface area contributed by atoms with Crippen molar-refractivity contribution in [1.82, 2.24) is 0 Å². The van der Waals surface area contributed by atoms with Crippen LogP contribution >= 0.6 is 0 Å². The molecule has 0 unspecified atom stereocenters. The number of benzene rings is 1. The number of halogens is 3. The summed E-state index contributed by atoms with van der Waals surface area (Å²) in [6.45, 7) is 3.43. The Morgan fingerprint density at radius 3 is 2.11 bits per heavy atom. The van der Waals surface area contributed by atoms with E-state index in [4.69, 9.17) is 0 Å². The van der Waals surface area contributed by atoms with Gasteiger partial charge in [0.25, 0.3) is 0 Å². The number of amides is 1. The van der Waals surface area contributed by atoms with Crippen LogP contribution in [0.25, 0.3) is 0 Å². The molecule has 0 aliphatic heterocycles. The van der Waals surface area contributed by atoms with Crippen molar-refractivity contribution < 1.29 is 18.0 Å². The Morgan fingerprint density at radius 1 is 1.22 bits per heavy atom. The second-order valence-electron chi connectivity index (χ2n) is 4.76. The summed E-state index contributed by atoms with van der Waals surface area (Å²) in [4.78, 5) is 10.9. The minimum atomic E-state index is -4.85. The lowest BCUT2D eigenvalue weighted by atomic mass is 10.0. The van der Waals surface area contributed by atoms with E-state index in [1.807, 2.05) is 17.4 Å². The lowest BCUT2D eigenvalue weighted by Crippen LogP contribution is -2.30. The number of carbonyl (C=O) groups is 1. The Hall–Kier alpha value is -1.52. The number of anilines is 1. The van der Waals surface area contributed by atoms with Gasteiger partial charge in [0.1, 0.15) is 0 Å². The normalized spacial score (nSPS) is 15.6. The smallest absolute Gasteiger partial charge is 0.318 e. The summed E-state index contributed by atoms with van der Waals surface area (Å²) in [7, 11) is 0. The molecule has 1 fully saturated rings. The van der Waals surface area contributed by atoms with Crippen LogP contribution in [0, 0.1) is 13.8 Å².